The zero-order chi connectivity index (χ0) is 22.7. The molecule has 2 aromatic rings. The predicted octanol–water partition coefficient (Wildman–Crippen LogP) is 3.05. The molecule has 168 valence electrons. The Balaban J connectivity index is 1.53. The number of carbonyl (C=O) groups is 3. The number of para-hydroxylation sites is 1. The number of fused-ring (bicyclic) bond motifs is 3. The van der Waals surface area contributed by atoms with Crippen molar-refractivity contribution >= 4 is 23.4 Å². The summed E-state index contributed by atoms with van der Waals surface area (Å²) < 4.78 is 5.19. The lowest BCUT2D eigenvalue weighted by atomic mass is 9.98. The molecule has 1 unspecified atom stereocenters. The van der Waals surface area contributed by atoms with Crippen molar-refractivity contribution in [3.05, 3.63) is 65.7 Å². The first-order chi connectivity index (χ1) is 15.5. The lowest BCUT2D eigenvalue weighted by Gasteiger charge is -2.48. The second-order valence-corrected chi connectivity index (χ2v) is 8.46. The van der Waals surface area contributed by atoms with E-state index < -0.39 is 5.66 Å². The van der Waals surface area contributed by atoms with Crippen LogP contribution in [0.4, 0.5) is 5.69 Å². The van der Waals surface area contributed by atoms with E-state index in [1.165, 1.54) is 0 Å². The van der Waals surface area contributed by atoms with Crippen LogP contribution in [-0.2, 0) is 20.9 Å². The van der Waals surface area contributed by atoms with Crippen molar-refractivity contribution in [1.29, 1.82) is 0 Å². The van der Waals surface area contributed by atoms with Gasteiger partial charge in [0.2, 0.25) is 11.8 Å². The number of hydrogen-bond acceptors (Lipinski definition) is 4. The fourth-order valence-electron chi connectivity index (χ4n) is 4.70. The van der Waals surface area contributed by atoms with Crippen molar-refractivity contribution in [3.8, 4) is 0 Å². The first kappa shape index (κ1) is 22.0. The van der Waals surface area contributed by atoms with Gasteiger partial charge in [0, 0.05) is 39.6 Å². The largest absolute Gasteiger partial charge is 0.383 e. The molecule has 2 aliphatic rings. The van der Waals surface area contributed by atoms with Crippen LogP contribution >= 0.6 is 0 Å². The molecule has 0 radical (unpaired) electrons. The summed E-state index contributed by atoms with van der Waals surface area (Å²) in [6, 6.07) is 17.0. The molecule has 2 aromatic carbocycles. The van der Waals surface area contributed by atoms with Crippen molar-refractivity contribution < 1.29 is 19.1 Å². The number of amides is 3. The molecule has 0 N–H and O–H groups in total. The summed E-state index contributed by atoms with van der Waals surface area (Å²) in [7, 11) is 1.61. The molecule has 32 heavy (non-hydrogen) atoms. The Morgan fingerprint density at radius 1 is 1.09 bits per heavy atom. The minimum Gasteiger partial charge on any atom is -0.383 e. The van der Waals surface area contributed by atoms with Gasteiger partial charge < -0.3 is 14.5 Å². The summed E-state index contributed by atoms with van der Waals surface area (Å²) in [6.07, 6.45) is 1.12. The standard InChI is InChI=1S/C25H29N3O4/c1-25-14-12-23(30)28(25)21-11-7-6-10-20(21)24(31)27(25)15-13-22(29)26(16-17-32-2)18-19-8-4-3-5-9-19/h3-11H,12-18H2,1-2H3. The second-order valence-electron chi connectivity index (χ2n) is 8.46. The highest BCUT2D eigenvalue weighted by Crippen LogP contribution is 2.43. The molecular weight excluding hydrogens is 406 g/mol. The second kappa shape index (κ2) is 9.12. The van der Waals surface area contributed by atoms with Crippen LogP contribution in [0.3, 0.4) is 0 Å². The van der Waals surface area contributed by atoms with Crippen molar-refractivity contribution in [3.63, 3.8) is 0 Å². The molecule has 1 fully saturated rings. The van der Waals surface area contributed by atoms with Crippen molar-refractivity contribution in [1.82, 2.24) is 9.80 Å². The van der Waals surface area contributed by atoms with Crippen LogP contribution in [-0.4, -0.2) is 60.0 Å². The Hall–Kier alpha value is -3.19. The van der Waals surface area contributed by atoms with Crippen molar-refractivity contribution in [2.75, 3.05) is 31.7 Å². The number of benzene rings is 2. The first-order valence-electron chi connectivity index (χ1n) is 11.0. The normalized spacial score (nSPS) is 19.7. The van der Waals surface area contributed by atoms with Gasteiger partial charge >= 0.3 is 0 Å². The monoisotopic (exact) mass is 435 g/mol. The van der Waals surface area contributed by atoms with Crippen LogP contribution in [0.1, 0.15) is 42.1 Å². The zero-order valence-electron chi connectivity index (χ0n) is 18.6. The topological polar surface area (TPSA) is 70.2 Å². The molecule has 2 heterocycles. The first-order valence-corrected chi connectivity index (χ1v) is 11.0. The lowest BCUT2D eigenvalue weighted by molar-refractivity contribution is -0.132. The smallest absolute Gasteiger partial charge is 0.257 e. The molecule has 1 atom stereocenters. The summed E-state index contributed by atoms with van der Waals surface area (Å²) >= 11 is 0. The molecule has 0 bridgehead atoms. The lowest BCUT2D eigenvalue weighted by Crippen LogP contribution is -2.62. The van der Waals surface area contributed by atoms with Crippen molar-refractivity contribution in [2.24, 2.45) is 0 Å². The highest BCUT2D eigenvalue weighted by atomic mass is 16.5. The number of rotatable bonds is 8. The average molecular weight is 436 g/mol. The van der Waals surface area contributed by atoms with Gasteiger partial charge in [0.1, 0.15) is 5.66 Å². The van der Waals surface area contributed by atoms with Crippen LogP contribution in [0.15, 0.2) is 54.6 Å². The van der Waals surface area contributed by atoms with Gasteiger partial charge in [-0.1, -0.05) is 42.5 Å². The van der Waals surface area contributed by atoms with Crippen LogP contribution < -0.4 is 4.90 Å². The number of anilines is 1. The van der Waals surface area contributed by atoms with Gasteiger partial charge in [0.05, 0.1) is 17.9 Å². The van der Waals surface area contributed by atoms with Crippen LogP contribution in [0, 0.1) is 0 Å². The molecule has 0 saturated carbocycles. The third-order valence-electron chi connectivity index (χ3n) is 6.43. The molecule has 2 aliphatic heterocycles. The fraction of sp³-hybridized carbons (Fsp3) is 0.400. The minimum absolute atomic E-state index is 0.00887. The van der Waals surface area contributed by atoms with Gasteiger partial charge in [-0.15, -0.1) is 0 Å². The van der Waals surface area contributed by atoms with Gasteiger partial charge in [-0.3, -0.25) is 19.3 Å². The van der Waals surface area contributed by atoms with Crippen molar-refractivity contribution in [2.45, 2.75) is 38.4 Å². The van der Waals surface area contributed by atoms with E-state index in [4.69, 9.17) is 4.74 Å². The molecule has 4 rings (SSSR count). The summed E-state index contributed by atoms with van der Waals surface area (Å²) in [5.74, 6) is -0.167. The molecular formula is C25H29N3O4. The van der Waals surface area contributed by atoms with Crippen LogP contribution in [0.25, 0.3) is 0 Å². The van der Waals surface area contributed by atoms with Gasteiger partial charge in [0.25, 0.3) is 5.91 Å². The third kappa shape index (κ3) is 4.00. The highest BCUT2D eigenvalue weighted by molar-refractivity contribution is 6.10. The summed E-state index contributed by atoms with van der Waals surface area (Å²) in [5.41, 5.74) is 1.46. The maximum atomic E-state index is 13.4. The average Bonchev–Trinajstić information content (AvgIpc) is 3.12. The van der Waals surface area contributed by atoms with E-state index >= 15 is 0 Å². The Kier molecular flexibility index (Phi) is 6.28. The Morgan fingerprint density at radius 2 is 1.81 bits per heavy atom. The quantitative estimate of drug-likeness (QED) is 0.639. The van der Waals surface area contributed by atoms with E-state index in [2.05, 4.69) is 0 Å². The maximum Gasteiger partial charge on any atom is 0.257 e. The van der Waals surface area contributed by atoms with E-state index in [0.717, 1.165) is 5.56 Å². The minimum atomic E-state index is -0.750. The molecule has 7 heteroatoms. The van der Waals surface area contributed by atoms with Gasteiger partial charge in [0.15, 0.2) is 0 Å². The van der Waals surface area contributed by atoms with Gasteiger partial charge in [-0.05, 0) is 31.0 Å². The maximum absolute atomic E-state index is 13.4. The summed E-state index contributed by atoms with van der Waals surface area (Å²) in [4.78, 5) is 44.4. The molecule has 0 aromatic heterocycles. The fourth-order valence-corrected chi connectivity index (χ4v) is 4.70. The van der Waals surface area contributed by atoms with E-state index in [0.29, 0.717) is 43.8 Å². The number of hydrogen-bond donors (Lipinski definition) is 0. The Bertz CT molecular complexity index is 1010. The SMILES string of the molecule is COCCN(Cc1ccccc1)C(=O)CCN1C(=O)c2ccccc2N2C(=O)CCC12C. The molecule has 0 aliphatic carbocycles. The molecule has 0 spiro atoms. The van der Waals surface area contributed by atoms with E-state index in [-0.39, 0.29) is 30.7 Å². The summed E-state index contributed by atoms with van der Waals surface area (Å²) in [5, 5.41) is 0. The Labute approximate surface area is 188 Å². The van der Waals surface area contributed by atoms with E-state index in [1.54, 1.807) is 33.9 Å². The van der Waals surface area contributed by atoms with E-state index in [1.807, 2.05) is 49.4 Å². The van der Waals surface area contributed by atoms with Crippen LogP contribution in [0.5, 0.6) is 0 Å². The number of ether oxygens (including phenoxy) is 1. The Morgan fingerprint density at radius 3 is 2.56 bits per heavy atom. The van der Waals surface area contributed by atoms with Gasteiger partial charge in [-0.25, -0.2) is 0 Å². The van der Waals surface area contributed by atoms with E-state index in [9.17, 15) is 14.4 Å². The zero-order valence-corrected chi connectivity index (χ0v) is 18.6. The number of carbonyl (C=O) groups excluding carboxylic acids is 3. The molecule has 1 saturated heterocycles. The number of methoxy groups -OCH3 is 1. The van der Waals surface area contributed by atoms with Crippen LogP contribution in [0.2, 0.25) is 0 Å². The predicted molar refractivity (Wildman–Crippen MR) is 121 cm³/mol. The third-order valence-corrected chi connectivity index (χ3v) is 6.43. The molecule has 3 amide bonds. The highest BCUT2D eigenvalue weighted by Gasteiger charge is 2.52. The number of nitrogens with zero attached hydrogens (tertiary/aromatic N) is 3. The summed E-state index contributed by atoms with van der Waals surface area (Å²) in [6.45, 7) is 3.58. The molecule has 7 nitrogen and oxygen atoms in total. The van der Waals surface area contributed by atoms with Gasteiger partial charge in [-0.2, -0.15) is 0 Å².